The quantitative estimate of drug-likeness (QED) is 0.786. The van der Waals surface area contributed by atoms with E-state index in [0.717, 1.165) is 36.3 Å². The van der Waals surface area contributed by atoms with Gasteiger partial charge in [-0.1, -0.05) is 6.42 Å². The summed E-state index contributed by atoms with van der Waals surface area (Å²) in [4.78, 5) is 0. The Morgan fingerprint density at radius 3 is 2.72 bits per heavy atom. The van der Waals surface area contributed by atoms with Crippen LogP contribution in [0.1, 0.15) is 32.1 Å². The van der Waals surface area contributed by atoms with Gasteiger partial charge in [-0.3, -0.25) is 0 Å². The van der Waals surface area contributed by atoms with Crippen LogP contribution in [0.4, 0.5) is 0 Å². The molecule has 0 heterocycles. The lowest BCUT2D eigenvalue weighted by Crippen LogP contribution is -2.43. The van der Waals surface area contributed by atoms with Gasteiger partial charge in [-0.2, -0.15) is 0 Å². The maximum atomic E-state index is 5.43. The molecule has 0 radical (unpaired) electrons. The standard InChI is InChI=1S/C15H27NO2/c1-17-9-11(18-2)8-16-15-7-10-6-14(15)13-5-3-4-12(10)13/h10-16H,3-9H2,1-2H3. The molecule has 3 aliphatic rings. The van der Waals surface area contributed by atoms with Crippen LogP contribution >= 0.6 is 0 Å². The van der Waals surface area contributed by atoms with Crippen molar-refractivity contribution in [2.45, 2.75) is 44.2 Å². The van der Waals surface area contributed by atoms with Crippen molar-refractivity contribution in [2.75, 3.05) is 27.4 Å². The molecule has 0 spiro atoms. The zero-order valence-corrected chi connectivity index (χ0v) is 11.7. The average Bonchev–Trinajstić information content (AvgIpc) is 3.05. The third-order valence-corrected chi connectivity index (χ3v) is 5.72. The number of rotatable bonds is 6. The smallest absolute Gasteiger partial charge is 0.0928 e. The van der Waals surface area contributed by atoms with Crippen LogP contribution in [0, 0.1) is 23.7 Å². The fraction of sp³-hybridized carbons (Fsp3) is 1.00. The fourth-order valence-electron chi connectivity index (χ4n) is 4.98. The first kappa shape index (κ1) is 12.9. The number of ether oxygens (including phenoxy) is 2. The summed E-state index contributed by atoms with van der Waals surface area (Å²) in [6, 6.07) is 0.754. The van der Waals surface area contributed by atoms with Crippen molar-refractivity contribution >= 4 is 0 Å². The average molecular weight is 253 g/mol. The molecule has 3 aliphatic carbocycles. The molecule has 3 nitrogen and oxygen atoms in total. The van der Waals surface area contributed by atoms with E-state index < -0.39 is 0 Å². The largest absolute Gasteiger partial charge is 0.382 e. The van der Waals surface area contributed by atoms with Crippen molar-refractivity contribution in [1.29, 1.82) is 0 Å². The minimum atomic E-state index is 0.202. The Hall–Kier alpha value is -0.120. The lowest BCUT2D eigenvalue weighted by Gasteiger charge is -2.33. The minimum absolute atomic E-state index is 0.202. The first-order valence-corrected chi connectivity index (χ1v) is 7.58. The van der Waals surface area contributed by atoms with E-state index in [0.29, 0.717) is 6.61 Å². The van der Waals surface area contributed by atoms with Gasteiger partial charge in [-0.05, 0) is 49.4 Å². The van der Waals surface area contributed by atoms with Crippen LogP contribution in [0.15, 0.2) is 0 Å². The van der Waals surface area contributed by atoms with E-state index in [1.54, 1.807) is 14.2 Å². The van der Waals surface area contributed by atoms with Crippen LogP contribution in [-0.4, -0.2) is 39.5 Å². The Bertz CT molecular complexity index is 284. The van der Waals surface area contributed by atoms with Gasteiger partial charge in [0.25, 0.3) is 0 Å². The Balaban J connectivity index is 1.50. The van der Waals surface area contributed by atoms with Crippen LogP contribution < -0.4 is 5.32 Å². The van der Waals surface area contributed by atoms with E-state index in [9.17, 15) is 0 Å². The molecule has 3 rings (SSSR count). The van der Waals surface area contributed by atoms with Crippen LogP contribution in [0.5, 0.6) is 0 Å². The van der Waals surface area contributed by atoms with Gasteiger partial charge in [0.2, 0.25) is 0 Å². The van der Waals surface area contributed by atoms with E-state index in [4.69, 9.17) is 9.47 Å². The molecule has 6 unspecified atom stereocenters. The molecule has 0 aromatic carbocycles. The maximum Gasteiger partial charge on any atom is 0.0928 e. The van der Waals surface area contributed by atoms with E-state index >= 15 is 0 Å². The van der Waals surface area contributed by atoms with Crippen molar-refractivity contribution in [2.24, 2.45) is 23.7 Å². The number of nitrogens with one attached hydrogen (secondary N) is 1. The third-order valence-electron chi connectivity index (χ3n) is 5.72. The van der Waals surface area contributed by atoms with Crippen molar-refractivity contribution in [3.05, 3.63) is 0 Å². The molecular formula is C15H27NO2. The van der Waals surface area contributed by atoms with Crippen molar-refractivity contribution in [3.8, 4) is 0 Å². The van der Waals surface area contributed by atoms with E-state index in [2.05, 4.69) is 5.32 Å². The molecule has 0 aliphatic heterocycles. The summed E-state index contributed by atoms with van der Waals surface area (Å²) in [6.07, 6.45) is 7.61. The zero-order valence-electron chi connectivity index (χ0n) is 11.7. The molecule has 104 valence electrons. The highest BCUT2D eigenvalue weighted by Gasteiger charge is 2.53. The molecule has 6 atom stereocenters. The van der Waals surface area contributed by atoms with Crippen molar-refractivity contribution < 1.29 is 9.47 Å². The van der Waals surface area contributed by atoms with Gasteiger partial charge < -0.3 is 14.8 Å². The van der Waals surface area contributed by atoms with Crippen LogP contribution in [0.3, 0.4) is 0 Å². The highest BCUT2D eigenvalue weighted by molar-refractivity contribution is 5.05. The summed E-state index contributed by atoms with van der Waals surface area (Å²) in [5, 5.41) is 3.76. The number of hydrogen-bond acceptors (Lipinski definition) is 3. The Kier molecular flexibility index (Phi) is 3.92. The second kappa shape index (κ2) is 5.48. The molecule has 18 heavy (non-hydrogen) atoms. The van der Waals surface area contributed by atoms with E-state index in [1.165, 1.54) is 32.1 Å². The molecule has 0 saturated heterocycles. The number of fused-ring (bicyclic) bond motifs is 5. The molecule has 3 saturated carbocycles. The lowest BCUT2D eigenvalue weighted by molar-refractivity contribution is 0.0249. The molecule has 2 bridgehead atoms. The minimum Gasteiger partial charge on any atom is -0.382 e. The lowest BCUT2D eigenvalue weighted by atomic mass is 9.79. The molecule has 1 N–H and O–H groups in total. The summed E-state index contributed by atoms with van der Waals surface area (Å²) >= 11 is 0. The topological polar surface area (TPSA) is 30.5 Å². The fourth-order valence-corrected chi connectivity index (χ4v) is 4.98. The summed E-state index contributed by atoms with van der Waals surface area (Å²) in [7, 11) is 3.52. The van der Waals surface area contributed by atoms with Gasteiger partial charge >= 0.3 is 0 Å². The SMILES string of the molecule is COCC(CNC1CC2CC1C1CCCC21)OC. The van der Waals surface area contributed by atoms with E-state index in [-0.39, 0.29) is 6.10 Å². The second-order valence-electron chi connectivity index (χ2n) is 6.48. The van der Waals surface area contributed by atoms with Crippen LogP contribution in [0.25, 0.3) is 0 Å². The van der Waals surface area contributed by atoms with Gasteiger partial charge in [-0.25, -0.2) is 0 Å². The van der Waals surface area contributed by atoms with Crippen LogP contribution in [0.2, 0.25) is 0 Å². The van der Waals surface area contributed by atoms with Gasteiger partial charge in [0.05, 0.1) is 12.7 Å². The van der Waals surface area contributed by atoms with E-state index in [1.807, 2.05) is 0 Å². The van der Waals surface area contributed by atoms with Gasteiger partial charge in [0.15, 0.2) is 0 Å². The highest BCUT2D eigenvalue weighted by Crippen LogP contribution is 2.58. The normalized spacial score (nSPS) is 43.3. The summed E-state index contributed by atoms with van der Waals surface area (Å²) in [5.41, 5.74) is 0. The molecule has 3 fully saturated rings. The van der Waals surface area contributed by atoms with Crippen molar-refractivity contribution in [3.63, 3.8) is 0 Å². The third kappa shape index (κ3) is 2.21. The van der Waals surface area contributed by atoms with Crippen LogP contribution in [-0.2, 0) is 9.47 Å². The van der Waals surface area contributed by atoms with Crippen molar-refractivity contribution in [1.82, 2.24) is 5.32 Å². The highest BCUT2D eigenvalue weighted by atomic mass is 16.5. The van der Waals surface area contributed by atoms with Gasteiger partial charge in [-0.15, -0.1) is 0 Å². The van der Waals surface area contributed by atoms with Gasteiger partial charge in [0.1, 0.15) is 0 Å². The molecule has 3 heteroatoms. The number of hydrogen-bond donors (Lipinski definition) is 1. The maximum absolute atomic E-state index is 5.43. The Morgan fingerprint density at radius 1 is 1.11 bits per heavy atom. The Morgan fingerprint density at radius 2 is 1.94 bits per heavy atom. The molecule has 0 aromatic heterocycles. The zero-order chi connectivity index (χ0) is 12.5. The molecule has 0 amide bonds. The first-order valence-electron chi connectivity index (χ1n) is 7.58. The summed E-state index contributed by atoms with van der Waals surface area (Å²) in [6.45, 7) is 1.63. The monoisotopic (exact) mass is 253 g/mol. The predicted octanol–water partition coefficient (Wildman–Crippen LogP) is 2.06. The molecule has 0 aromatic rings. The Labute approximate surface area is 111 Å². The summed E-state index contributed by atoms with van der Waals surface area (Å²) < 4.78 is 10.6. The van der Waals surface area contributed by atoms with Gasteiger partial charge in [0, 0.05) is 26.8 Å². The number of methoxy groups -OCH3 is 2. The second-order valence-corrected chi connectivity index (χ2v) is 6.48. The first-order chi connectivity index (χ1) is 8.83. The predicted molar refractivity (Wildman–Crippen MR) is 71.5 cm³/mol. The molecular weight excluding hydrogens is 226 g/mol. The summed E-state index contributed by atoms with van der Waals surface area (Å²) in [5.74, 6) is 4.13.